The molecule has 0 heterocycles. The highest BCUT2D eigenvalue weighted by Gasteiger charge is 2.03. The zero-order chi connectivity index (χ0) is 11.1. The van der Waals surface area contributed by atoms with E-state index < -0.39 is 0 Å². The second-order valence-corrected chi connectivity index (χ2v) is 3.71. The van der Waals surface area contributed by atoms with Crippen LogP contribution in [0.2, 0.25) is 0 Å². The van der Waals surface area contributed by atoms with E-state index >= 15 is 0 Å². The molecule has 0 fully saturated rings. The minimum atomic E-state index is 0.0288. The Morgan fingerprint density at radius 1 is 1.33 bits per heavy atom. The molecule has 0 saturated carbocycles. The number of ether oxygens (including phenoxy) is 1. The van der Waals surface area contributed by atoms with E-state index in [9.17, 15) is 0 Å². The molecule has 1 rings (SSSR count). The van der Waals surface area contributed by atoms with E-state index in [1.165, 1.54) is 0 Å². The Labute approximate surface area is 90.9 Å². The molecule has 84 valence electrons. The summed E-state index contributed by atoms with van der Waals surface area (Å²) < 4.78 is 5.37. The number of aromatic hydroxyl groups is 1. The predicted molar refractivity (Wildman–Crippen MR) is 60.9 cm³/mol. The molecule has 0 aromatic heterocycles. The second kappa shape index (κ2) is 6.43. The zero-order valence-electron chi connectivity index (χ0n) is 9.15. The van der Waals surface area contributed by atoms with Crippen molar-refractivity contribution in [2.24, 2.45) is 5.73 Å². The molecule has 3 heteroatoms. The Balaban J connectivity index is 2.31. The van der Waals surface area contributed by atoms with Crippen molar-refractivity contribution in [1.82, 2.24) is 0 Å². The van der Waals surface area contributed by atoms with Gasteiger partial charge in [0.1, 0.15) is 5.75 Å². The van der Waals surface area contributed by atoms with Crippen molar-refractivity contribution in [2.75, 3.05) is 13.2 Å². The summed E-state index contributed by atoms with van der Waals surface area (Å²) >= 11 is 0. The van der Waals surface area contributed by atoms with E-state index in [-0.39, 0.29) is 11.8 Å². The Morgan fingerprint density at radius 3 is 2.60 bits per heavy atom. The summed E-state index contributed by atoms with van der Waals surface area (Å²) in [6.07, 6.45) is 1.80. The van der Waals surface area contributed by atoms with E-state index in [1.807, 2.05) is 12.1 Å². The smallest absolute Gasteiger partial charge is 0.115 e. The minimum Gasteiger partial charge on any atom is -0.508 e. The summed E-state index contributed by atoms with van der Waals surface area (Å²) in [5.41, 5.74) is 7.02. The molecule has 0 aliphatic carbocycles. The molecule has 0 bridgehead atoms. The molecular weight excluding hydrogens is 190 g/mol. The molecule has 3 N–H and O–H groups in total. The number of nitrogens with two attached hydrogens (primary N) is 1. The molecule has 1 atom stereocenters. The number of phenolic OH excluding ortho intramolecular Hbond substituents is 1. The van der Waals surface area contributed by atoms with Crippen LogP contribution in [-0.2, 0) is 11.2 Å². The molecule has 1 unspecified atom stereocenters. The van der Waals surface area contributed by atoms with Crippen LogP contribution in [0.25, 0.3) is 0 Å². The molecule has 0 radical (unpaired) electrons. The fourth-order valence-electron chi connectivity index (χ4n) is 1.37. The monoisotopic (exact) mass is 209 g/mol. The Kier molecular flexibility index (Phi) is 5.15. The topological polar surface area (TPSA) is 55.5 Å². The van der Waals surface area contributed by atoms with Gasteiger partial charge >= 0.3 is 0 Å². The maximum absolute atomic E-state index is 9.11. The quantitative estimate of drug-likeness (QED) is 0.701. The number of rotatable bonds is 6. The van der Waals surface area contributed by atoms with Gasteiger partial charge in [-0.15, -0.1) is 0 Å². The van der Waals surface area contributed by atoms with E-state index in [0.717, 1.165) is 25.0 Å². The van der Waals surface area contributed by atoms with Crippen LogP contribution in [0.15, 0.2) is 24.3 Å². The lowest BCUT2D eigenvalue weighted by Gasteiger charge is -2.11. The normalized spacial score (nSPS) is 12.7. The molecule has 0 saturated heterocycles. The number of hydrogen-bond donors (Lipinski definition) is 2. The molecular formula is C12H19NO2. The fraction of sp³-hybridized carbons (Fsp3) is 0.500. The van der Waals surface area contributed by atoms with Gasteiger partial charge < -0.3 is 15.6 Å². The van der Waals surface area contributed by atoms with Crippen LogP contribution < -0.4 is 5.73 Å². The highest BCUT2D eigenvalue weighted by atomic mass is 16.5. The van der Waals surface area contributed by atoms with Crippen LogP contribution in [0, 0.1) is 0 Å². The van der Waals surface area contributed by atoms with Gasteiger partial charge in [-0.3, -0.25) is 0 Å². The van der Waals surface area contributed by atoms with Gasteiger partial charge in [-0.1, -0.05) is 19.1 Å². The Bertz CT molecular complexity index is 271. The SMILES string of the molecule is CCCOCC(N)Cc1ccc(O)cc1. The van der Waals surface area contributed by atoms with E-state index in [1.54, 1.807) is 12.1 Å². The molecule has 15 heavy (non-hydrogen) atoms. The van der Waals surface area contributed by atoms with Crippen LogP contribution in [-0.4, -0.2) is 24.4 Å². The first kappa shape index (κ1) is 12.0. The summed E-state index contributed by atoms with van der Waals surface area (Å²) in [5.74, 6) is 0.287. The van der Waals surface area contributed by atoms with Crippen LogP contribution in [0.3, 0.4) is 0 Å². The third kappa shape index (κ3) is 4.81. The zero-order valence-corrected chi connectivity index (χ0v) is 9.15. The van der Waals surface area contributed by atoms with E-state index in [0.29, 0.717) is 6.61 Å². The lowest BCUT2D eigenvalue weighted by Crippen LogP contribution is -2.28. The molecule has 1 aromatic carbocycles. The van der Waals surface area contributed by atoms with Gasteiger partial charge in [0.15, 0.2) is 0 Å². The summed E-state index contributed by atoms with van der Waals surface area (Å²) in [7, 11) is 0. The molecule has 0 aliphatic rings. The third-order valence-corrected chi connectivity index (χ3v) is 2.11. The number of benzene rings is 1. The maximum atomic E-state index is 9.11. The van der Waals surface area contributed by atoms with Crippen molar-refractivity contribution < 1.29 is 9.84 Å². The average molecular weight is 209 g/mol. The van der Waals surface area contributed by atoms with Crippen LogP contribution in [0.4, 0.5) is 0 Å². The Hall–Kier alpha value is -1.06. The maximum Gasteiger partial charge on any atom is 0.115 e. The fourth-order valence-corrected chi connectivity index (χ4v) is 1.37. The van der Waals surface area contributed by atoms with Gasteiger partial charge in [0.2, 0.25) is 0 Å². The summed E-state index contributed by atoms with van der Waals surface area (Å²) in [5, 5.41) is 9.11. The predicted octanol–water partition coefficient (Wildman–Crippen LogP) is 1.69. The van der Waals surface area contributed by atoms with Crippen molar-refractivity contribution in [3.05, 3.63) is 29.8 Å². The van der Waals surface area contributed by atoms with Crippen LogP contribution in [0.1, 0.15) is 18.9 Å². The van der Waals surface area contributed by atoms with Crippen LogP contribution in [0.5, 0.6) is 5.75 Å². The van der Waals surface area contributed by atoms with Gasteiger partial charge in [-0.25, -0.2) is 0 Å². The lowest BCUT2D eigenvalue weighted by molar-refractivity contribution is 0.121. The lowest BCUT2D eigenvalue weighted by atomic mass is 10.1. The van der Waals surface area contributed by atoms with Crippen molar-refractivity contribution in [3.8, 4) is 5.75 Å². The molecule has 0 amide bonds. The highest BCUT2D eigenvalue weighted by molar-refractivity contribution is 5.26. The van der Waals surface area contributed by atoms with E-state index in [4.69, 9.17) is 15.6 Å². The molecule has 3 nitrogen and oxygen atoms in total. The number of hydrogen-bond acceptors (Lipinski definition) is 3. The highest BCUT2D eigenvalue weighted by Crippen LogP contribution is 2.10. The molecule has 1 aromatic rings. The summed E-state index contributed by atoms with van der Waals surface area (Å²) in [6.45, 7) is 3.43. The van der Waals surface area contributed by atoms with Gasteiger partial charge in [0, 0.05) is 12.6 Å². The van der Waals surface area contributed by atoms with Crippen molar-refractivity contribution in [2.45, 2.75) is 25.8 Å². The van der Waals surface area contributed by atoms with Gasteiger partial charge in [0.25, 0.3) is 0 Å². The van der Waals surface area contributed by atoms with Gasteiger partial charge in [0.05, 0.1) is 6.61 Å². The summed E-state index contributed by atoms with van der Waals surface area (Å²) in [4.78, 5) is 0. The van der Waals surface area contributed by atoms with Crippen molar-refractivity contribution in [1.29, 1.82) is 0 Å². The number of phenols is 1. The molecule has 0 aliphatic heterocycles. The van der Waals surface area contributed by atoms with Crippen molar-refractivity contribution in [3.63, 3.8) is 0 Å². The second-order valence-electron chi connectivity index (χ2n) is 3.71. The Morgan fingerprint density at radius 2 is 2.00 bits per heavy atom. The third-order valence-electron chi connectivity index (χ3n) is 2.11. The standard InChI is InChI=1S/C12H19NO2/c1-2-7-15-9-11(13)8-10-3-5-12(14)6-4-10/h3-6,11,14H,2,7-9,13H2,1H3. The van der Waals surface area contributed by atoms with Gasteiger partial charge in [-0.05, 0) is 30.5 Å². The van der Waals surface area contributed by atoms with Crippen LogP contribution >= 0.6 is 0 Å². The van der Waals surface area contributed by atoms with E-state index in [2.05, 4.69) is 6.92 Å². The largest absolute Gasteiger partial charge is 0.508 e. The molecule has 0 spiro atoms. The first-order valence-corrected chi connectivity index (χ1v) is 5.33. The average Bonchev–Trinajstić information content (AvgIpc) is 2.22. The van der Waals surface area contributed by atoms with Crippen molar-refractivity contribution >= 4 is 0 Å². The minimum absolute atomic E-state index is 0.0288. The first-order valence-electron chi connectivity index (χ1n) is 5.33. The first-order chi connectivity index (χ1) is 7.22. The van der Waals surface area contributed by atoms with Gasteiger partial charge in [-0.2, -0.15) is 0 Å². The summed E-state index contributed by atoms with van der Waals surface area (Å²) in [6, 6.07) is 7.15.